The smallest absolute Gasteiger partial charge is 0.0332 e. The van der Waals surface area contributed by atoms with Crippen molar-refractivity contribution < 1.29 is 0 Å². The maximum absolute atomic E-state index is 3.17. The topological polar surface area (TPSA) is 0 Å². The molecule has 0 saturated heterocycles. The summed E-state index contributed by atoms with van der Waals surface area (Å²) < 4.78 is 2.96. The summed E-state index contributed by atoms with van der Waals surface area (Å²) in [5, 5.41) is 0. The second-order valence-electron chi connectivity index (χ2n) is 4.33. The Balaban J connectivity index is 2.54. The van der Waals surface area contributed by atoms with Crippen molar-refractivity contribution >= 4 is 28.2 Å². The summed E-state index contributed by atoms with van der Waals surface area (Å²) in [6, 6.07) is 16.9. The molecule has 0 nitrogen and oxygen atoms in total. The predicted octanol–water partition coefficient (Wildman–Crippen LogP) is 5.19. The van der Waals surface area contributed by atoms with Gasteiger partial charge < -0.3 is 0 Å². The zero-order valence-electron chi connectivity index (χ0n) is 11.1. The zero-order valence-corrected chi connectivity index (χ0v) is 13.2. The van der Waals surface area contributed by atoms with Crippen LogP contribution in [0.25, 0.3) is 5.57 Å². The molecule has 0 spiro atoms. The van der Waals surface area contributed by atoms with E-state index in [0.717, 1.165) is 5.56 Å². The van der Waals surface area contributed by atoms with Crippen molar-refractivity contribution in [1.29, 1.82) is 0 Å². The maximum atomic E-state index is 3.17. The summed E-state index contributed by atoms with van der Waals surface area (Å²) >= 11 is 2.08. The van der Waals surface area contributed by atoms with Crippen LogP contribution in [0.1, 0.15) is 29.2 Å². The van der Waals surface area contributed by atoms with Crippen LogP contribution >= 0.6 is 22.6 Å². The summed E-state index contributed by atoms with van der Waals surface area (Å²) in [4.78, 5) is 0. The molecule has 0 heterocycles. The van der Waals surface area contributed by atoms with Gasteiger partial charge in [-0.2, -0.15) is 0 Å². The average Bonchev–Trinajstić information content (AvgIpc) is 2.44. The second-order valence-corrected chi connectivity index (χ2v) is 4.87. The largest absolute Gasteiger partial charge is 0.0791 e. The van der Waals surface area contributed by atoms with Gasteiger partial charge in [0.05, 0.1) is 0 Å². The van der Waals surface area contributed by atoms with Crippen LogP contribution in [0.5, 0.6) is 0 Å². The van der Waals surface area contributed by atoms with Crippen LogP contribution in [-0.4, -0.2) is 0 Å². The fourth-order valence-electron chi connectivity index (χ4n) is 2.09. The van der Waals surface area contributed by atoms with Gasteiger partial charge in [0.15, 0.2) is 0 Å². The van der Waals surface area contributed by atoms with E-state index in [4.69, 9.17) is 0 Å². The first-order chi connectivity index (χ1) is 9.26. The first-order valence-corrected chi connectivity index (χ1v) is 7.28. The molecule has 0 aromatic heterocycles. The van der Waals surface area contributed by atoms with E-state index in [1.165, 1.54) is 22.3 Å². The fraction of sp³-hybridized carbons (Fsp3) is 0.111. The Morgan fingerprint density at radius 2 is 1.74 bits per heavy atom. The number of allylic oxidation sites excluding steroid dienone is 1. The molecule has 19 heavy (non-hydrogen) atoms. The number of rotatable bonds is 2. The molecule has 0 amide bonds. The Bertz CT molecular complexity index is 652. The molecule has 0 unspecified atom stereocenters. The molecule has 0 N–H and O–H groups in total. The van der Waals surface area contributed by atoms with Crippen LogP contribution in [0.15, 0.2) is 54.6 Å². The Morgan fingerprint density at radius 1 is 1.05 bits per heavy atom. The molecule has 94 valence electrons. The van der Waals surface area contributed by atoms with E-state index in [9.17, 15) is 0 Å². The van der Waals surface area contributed by atoms with E-state index in [-0.39, 0.29) is 0 Å². The summed E-state index contributed by atoms with van der Waals surface area (Å²) in [6.45, 7) is 4.18. The summed E-state index contributed by atoms with van der Waals surface area (Å²) in [5.41, 5.74) is 6.01. The summed E-state index contributed by atoms with van der Waals surface area (Å²) in [6.07, 6.45) is 2.15. The lowest BCUT2D eigenvalue weighted by atomic mass is 9.93. The number of benzene rings is 2. The third-order valence-corrected chi connectivity index (χ3v) is 3.32. The quantitative estimate of drug-likeness (QED) is 0.512. The van der Waals surface area contributed by atoms with Gasteiger partial charge in [0.25, 0.3) is 0 Å². The molecule has 0 saturated carbocycles. The molecule has 0 atom stereocenters. The molecule has 2 aromatic rings. The maximum Gasteiger partial charge on any atom is 0.0332 e. The second kappa shape index (κ2) is 6.58. The Labute approximate surface area is 128 Å². The zero-order chi connectivity index (χ0) is 13.7. The highest BCUT2D eigenvalue weighted by Gasteiger charge is 2.07. The van der Waals surface area contributed by atoms with Gasteiger partial charge in [-0.3, -0.25) is 0 Å². The Hall–Kier alpha value is -1.53. The average molecular weight is 358 g/mol. The lowest BCUT2D eigenvalue weighted by Gasteiger charge is -2.10. The molecule has 0 radical (unpaired) electrons. The Kier molecular flexibility index (Phi) is 4.81. The molecule has 1 heteroatoms. The van der Waals surface area contributed by atoms with Crippen LogP contribution in [0.2, 0.25) is 0 Å². The SMILES string of the molecule is C/C=C(/c1ccc(C)cc1)c1ccccc1C#CI. The van der Waals surface area contributed by atoms with E-state index >= 15 is 0 Å². The Morgan fingerprint density at radius 3 is 2.37 bits per heavy atom. The highest BCUT2D eigenvalue weighted by Crippen LogP contribution is 2.26. The van der Waals surface area contributed by atoms with Crippen molar-refractivity contribution in [3.05, 3.63) is 76.9 Å². The number of halogens is 1. The van der Waals surface area contributed by atoms with Crippen LogP contribution in [-0.2, 0) is 0 Å². The standard InChI is InChI=1S/C18H15I/c1-3-17(16-10-8-14(2)9-11-16)18-7-5-4-6-15(18)12-13-19/h3-11H,1-2H3/b17-3-. The van der Waals surface area contributed by atoms with Gasteiger partial charge in [-0.1, -0.05) is 60.0 Å². The van der Waals surface area contributed by atoms with Gasteiger partial charge in [-0.15, -0.1) is 0 Å². The molecule has 0 fully saturated rings. The molecule has 0 aliphatic heterocycles. The molecular weight excluding hydrogens is 343 g/mol. The molecule has 0 bridgehead atoms. The van der Waals surface area contributed by atoms with Gasteiger partial charge in [-0.25, -0.2) is 0 Å². The van der Waals surface area contributed by atoms with Crippen LogP contribution in [0, 0.1) is 16.8 Å². The van der Waals surface area contributed by atoms with Gasteiger partial charge in [0.2, 0.25) is 0 Å². The fourth-order valence-corrected chi connectivity index (χ4v) is 2.38. The van der Waals surface area contributed by atoms with E-state index in [2.05, 4.69) is 94.8 Å². The normalized spacial score (nSPS) is 10.8. The number of hydrogen-bond acceptors (Lipinski definition) is 0. The van der Waals surface area contributed by atoms with Gasteiger partial charge in [0.1, 0.15) is 0 Å². The minimum atomic E-state index is 1.07. The predicted molar refractivity (Wildman–Crippen MR) is 91.3 cm³/mol. The molecule has 2 rings (SSSR count). The monoisotopic (exact) mass is 358 g/mol. The summed E-state index contributed by atoms with van der Waals surface area (Å²) in [7, 11) is 0. The lowest BCUT2D eigenvalue weighted by molar-refractivity contribution is 1.44. The van der Waals surface area contributed by atoms with Crippen LogP contribution < -0.4 is 0 Å². The van der Waals surface area contributed by atoms with E-state index in [0.29, 0.717) is 0 Å². The minimum absolute atomic E-state index is 1.07. The van der Waals surface area contributed by atoms with Crippen molar-refractivity contribution in [3.8, 4) is 9.85 Å². The van der Waals surface area contributed by atoms with Crippen molar-refractivity contribution in [2.24, 2.45) is 0 Å². The number of aryl methyl sites for hydroxylation is 1. The molecular formula is C18H15I. The van der Waals surface area contributed by atoms with Crippen molar-refractivity contribution in [2.45, 2.75) is 13.8 Å². The first-order valence-electron chi connectivity index (χ1n) is 6.20. The van der Waals surface area contributed by atoms with E-state index < -0.39 is 0 Å². The molecule has 0 aliphatic carbocycles. The van der Waals surface area contributed by atoms with Crippen molar-refractivity contribution in [1.82, 2.24) is 0 Å². The van der Waals surface area contributed by atoms with Crippen LogP contribution in [0.3, 0.4) is 0 Å². The minimum Gasteiger partial charge on any atom is -0.0791 e. The van der Waals surface area contributed by atoms with E-state index in [1.54, 1.807) is 0 Å². The third kappa shape index (κ3) is 3.27. The van der Waals surface area contributed by atoms with Gasteiger partial charge >= 0.3 is 0 Å². The van der Waals surface area contributed by atoms with Gasteiger partial charge in [-0.05, 0) is 40.5 Å². The third-order valence-electron chi connectivity index (χ3n) is 3.05. The lowest BCUT2D eigenvalue weighted by Crippen LogP contribution is -1.92. The van der Waals surface area contributed by atoms with Gasteiger partial charge in [0, 0.05) is 28.2 Å². The molecule has 0 aliphatic rings. The van der Waals surface area contributed by atoms with Crippen molar-refractivity contribution in [3.63, 3.8) is 0 Å². The van der Waals surface area contributed by atoms with Crippen molar-refractivity contribution in [2.75, 3.05) is 0 Å². The number of hydrogen-bond donors (Lipinski definition) is 0. The highest BCUT2D eigenvalue weighted by molar-refractivity contribution is 14.1. The highest BCUT2D eigenvalue weighted by atomic mass is 127. The first kappa shape index (κ1) is 13.9. The summed E-state index contributed by atoms with van der Waals surface area (Å²) in [5.74, 6) is 3.17. The van der Waals surface area contributed by atoms with Crippen LogP contribution in [0.4, 0.5) is 0 Å². The van der Waals surface area contributed by atoms with E-state index in [1.807, 2.05) is 6.07 Å². The molecule has 2 aromatic carbocycles.